The molecule has 0 fully saturated rings. The first kappa shape index (κ1) is 9.51. The van der Waals surface area contributed by atoms with Crippen LogP contribution in [0.1, 0.15) is 23.0 Å². The maximum absolute atomic E-state index is 10.9. The normalized spacial score (nSPS) is 10.7. The van der Waals surface area contributed by atoms with Gasteiger partial charge in [0.25, 0.3) is 0 Å². The molecule has 0 atom stereocenters. The number of fused-ring (bicyclic) bond motifs is 1. The summed E-state index contributed by atoms with van der Waals surface area (Å²) in [6.45, 7) is 1.90. The Labute approximate surface area is 85.4 Å². The monoisotopic (exact) mass is 206 g/mol. The van der Waals surface area contributed by atoms with Crippen molar-refractivity contribution < 1.29 is 15.0 Å². The second kappa shape index (κ2) is 3.27. The van der Waals surface area contributed by atoms with Gasteiger partial charge in [0.2, 0.25) is 0 Å². The summed E-state index contributed by atoms with van der Waals surface area (Å²) in [7, 11) is 0. The van der Waals surface area contributed by atoms with Gasteiger partial charge in [-0.05, 0) is 18.1 Å². The molecule has 0 aliphatic rings. The number of hydrogen-bond acceptors (Lipinski definition) is 3. The molecule has 2 aromatic rings. The summed E-state index contributed by atoms with van der Waals surface area (Å²) in [5.74, 6) is -0.957. The Morgan fingerprint density at radius 3 is 2.87 bits per heavy atom. The number of H-pyrrole nitrogens is 1. The number of aromatic nitrogens is 2. The molecule has 3 N–H and O–H groups in total. The summed E-state index contributed by atoms with van der Waals surface area (Å²) < 4.78 is 0. The van der Waals surface area contributed by atoms with Crippen molar-refractivity contribution >= 4 is 16.9 Å². The molecule has 0 saturated carbocycles. The number of carbonyl (C=O) groups is 1. The van der Waals surface area contributed by atoms with Crippen LogP contribution in [-0.2, 0) is 6.42 Å². The van der Waals surface area contributed by atoms with E-state index in [4.69, 9.17) is 5.11 Å². The molecule has 0 aliphatic heterocycles. The standard InChI is InChI=1S/C10H10N2O3/c1-2-5-3-6(13)4-7-8(5)9(10(14)15)12-11-7/h3-4,13H,2H2,1H3,(H,11,12)(H,14,15). The molecule has 0 amide bonds. The van der Waals surface area contributed by atoms with Crippen LogP contribution in [0.25, 0.3) is 10.9 Å². The van der Waals surface area contributed by atoms with Crippen molar-refractivity contribution in [1.82, 2.24) is 10.2 Å². The van der Waals surface area contributed by atoms with Gasteiger partial charge < -0.3 is 10.2 Å². The van der Waals surface area contributed by atoms with Crippen LogP contribution < -0.4 is 0 Å². The number of nitrogens with one attached hydrogen (secondary N) is 1. The van der Waals surface area contributed by atoms with Crippen LogP contribution >= 0.6 is 0 Å². The van der Waals surface area contributed by atoms with Gasteiger partial charge in [-0.15, -0.1) is 0 Å². The molecule has 78 valence electrons. The fourth-order valence-electron chi connectivity index (χ4n) is 1.66. The minimum Gasteiger partial charge on any atom is -0.508 e. The van der Waals surface area contributed by atoms with Crippen LogP contribution in [0.5, 0.6) is 5.75 Å². The molecular formula is C10H10N2O3. The third-order valence-electron chi connectivity index (χ3n) is 2.31. The Balaban J connectivity index is 2.83. The van der Waals surface area contributed by atoms with Crippen molar-refractivity contribution in [2.24, 2.45) is 0 Å². The first-order chi connectivity index (χ1) is 7.13. The quantitative estimate of drug-likeness (QED) is 0.695. The van der Waals surface area contributed by atoms with Gasteiger partial charge in [0.05, 0.1) is 5.52 Å². The molecule has 1 aromatic heterocycles. The van der Waals surface area contributed by atoms with Gasteiger partial charge in [0, 0.05) is 11.5 Å². The Morgan fingerprint density at radius 2 is 2.27 bits per heavy atom. The highest BCUT2D eigenvalue weighted by molar-refractivity contribution is 6.02. The van der Waals surface area contributed by atoms with E-state index in [1.807, 2.05) is 6.92 Å². The lowest BCUT2D eigenvalue weighted by Gasteiger charge is -2.01. The van der Waals surface area contributed by atoms with Crippen LogP contribution in [0.2, 0.25) is 0 Å². The number of rotatable bonds is 2. The van der Waals surface area contributed by atoms with Crippen molar-refractivity contribution in [3.63, 3.8) is 0 Å². The fourth-order valence-corrected chi connectivity index (χ4v) is 1.66. The van der Waals surface area contributed by atoms with E-state index in [0.717, 1.165) is 5.56 Å². The molecule has 15 heavy (non-hydrogen) atoms. The van der Waals surface area contributed by atoms with Gasteiger partial charge in [-0.25, -0.2) is 4.79 Å². The van der Waals surface area contributed by atoms with Gasteiger partial charge in [-0.3, -0.25) is 5.10 Å². The third-order valence-corrected chi connectivity index (χ3v) is 2.31. The van der Waals surface area contributed by atoms with E-state index in [-0.39, 0.29) is 11.4 Å². The van der Waals surface area contributed by atoms with Crippen molar-refractivity contribution in [1.29, 1.82) is 0 Å². The number of hydrogen-bond donors (Lipinski definition) is 3. The number of benzene rings is 1. The van der Waals surface area contributed by atoms with E-state index in [9.17, 15) is 9.90 Å². The first-order valence-corrected chi connectivity index (χ1v) is 4.56. The molecule has 5 nitrogen and oxygen atoms in total. The number of aromatic carboxylic acids is 1. The molecule has 1 aromatic carbocycles. The topological polar surface area (TPSA) is 86.2 Å². The smallest absolute Gasteiger partial charge is 0.357 e. The Kier molecular flexibility index (Phi) is 2.07. The van der Waals surface area contributed by atoms with Gasteiger partial charge >= 0.3 is 5.97 Å². The average Bonchev–Trinajstić information content (AvgIpc) is 2.59. The Morgan fingerprint density at radius 1 is 1.53 bits per heavy atom. The molecule has 5 heteroatoms. The van der Waals surface area contributed by atoms with Gasteiger partial charge in [-0.1, -0.05) is 6.92 Å². The van der Waals surface area contributed by atoms with Crippen molar-refractivity contribution in [3.05, 3.63) is 23.4 Å². The zero-order valence-corrected chi connectivity index (χ0v) is 8.11. The van der Waals surface area contributed by atoms with E-state index in [1.165, 1.54) is 6.07 Å². The van der Waals surface area contributed by atoms with Crippen molar-refractivity contribution in [2.45, 2.75) is 13.3 Å². The second-order valence-electron chi connectivity index (χ2n) is 3.26. The SMILES string of the molecule is CCc1cc(O)cc2[nH]nc(C(=O)O)c12. The summed E-state index contributed by atoms with van der Waals surface area (Å²) in [6.07, 6.45) is 0.644. The minimum atomic E-state index is -1.07. The largest absolute Gasteiger partial charge is 0.508 e. The lowest BCUT2D eigenvalue weighted by Crippen LogP contribution is -1.98. The van der Waals surface area contributed by atoms with Crippen LogP contribution in [0.3, 0.4) is 0 Å². The zero-order valence-electron chi connectivity index (χ0n) is 8.11. The van der Waals surface area contributed by atoms with Crippen LogP contribution in [0, 0.1) is 0 Å². The zero-order chi connectivity index (χ0) is 11.0. The summed E-state index contributed by atoms with van der Waals surface area (Å²) >= 11 is 0. The summed E-state index contributed by atoms with van der Waals surface area (Å²) in [4.78, 5) is 10.9. The van der Waals surface area contributed by atoms with Gasteiger partial charge in [-0.2, -0.15) is 5.10 Å². The molecule has 2 rings (SSSR count). The minimum absolute atomic E-state index is 0.00171. The summed E-state index contributed by atoms with van der Waals surface area (Å²) in [5.41, 5.74) is 1.32. The van der Waals surface area contributed by atoms with Crippen molar-refractivity contribution in [2.75, 3.05) is 0 Å². The lowest BCUT2D eigenvalue weighted by atomic mass is 10.1. The van der Waals surface area contributed by atoms with E-state index >= 15 is 0 Å². The highest BCUT2D eigenvalue weighted by atomic mass is 16.4. The number of aromatic hydroxyl groups is 1. The first-order valence-electron chi connectivity index (χ1n) is 4.56. The predicted octanol–water partition coefficient (Wildman–Crippen LogP) is 1.53. The number of aryl methyl sites for hydroxylation is 1. The molecule has 0 radical (unpaired) electrons. The molecule has 0 spiro atoms. The van der Waals surface area contributed by atoms with Gasteiger partial charge in [0.1, 0.15) is 5.75 Å². The average molecular weight is 206 g/mol. The highest BCUT2D eigenvalue weighted by Crippen LogP contribution is 2.26. The third kappa shape index (κ3) is 1.41. The van der Waals surface area contributed by atoms with E-state index in [2.05, 4.69) is 10.2 Å². The predicted molar refractivity (Wildman–Crippen MR) is 54.1 cm³/mol. The number of nitrogens with zero attached hydrogens (tertiary/aromatic N) is 1. The maximum atomic E-state index is 10.9. The molecule has 0 aliphatic carbocycles. The fraction of sp³-hybridized carbons (Fsp3) is 0.200. The Hall–Kier alpha value is -2.04. The van der Waals surface area contributed by atoms with Gasteiger partial charge in [0.15, 0.2) is 5.69 Å². The van der Waals surface area contributed by atoms with Crippen LogP contribution in [0.15, 0.2) is 12.1 Å². The van der Waals surface area contributed by atoms with E-state index < -0.39 is 5.97 Å². The molecule has 0 bridgehead atoms. The Bertz CT molecular complexity index is 531. The molecule has 1 heterocycles. The highest BCUT2D eigenvalue weighted by Gasteiger charge is 2.16. The second-order valence-corrected chi connectivity index (χ2v) is 3.26. The van der Waals surface area contributed by atoms with Crippen molar-refractivity contribution in [3.8, 4) is 5.75 Å². The summed E-state index contributed by atoms with van der Waals surface area (Å²) in [6, 6.07) is 3.03. The number of carboxylic acid groups (broad SMARTS) is 1. The molecular weight excluding hydrogens is 196 g/mol. The lowest BCUT2D eigenvalue weighted by molar-refractivity contribution is 0.0692. The molecule has 0 unspecified atom stereocenters. The van der Waals surface area contributed by atoms with E-state index in [1.54, 1.807) is 6.07 Å². The van der Waals surface area contributed by atoms with E-state index in [0.29, 0.717) is 17.3 Å². The number of aromatic amines is 1. The maximum Gasteiger partial charge on any atom is 0.357 e. The number of phenols is 1. The molecule has 0 saturated heterocycles. The van der Waals surface area contributed by atoms with Crippen LogP contribution in [0.4, 0.5) is 0 Å². The summed E-state index contributed by atoms with van der Waals surface area (Å²) in [5, 5.41) is 25.2. The van der Waals surface area contributed by atoms with Crippen LogP contribution in [-0.4, -0.2) is 26.4 Å². The number of carboxylic acids is 1. The number of phenolic OH excluding ortho intramolecular Hbond substituents is 1.